The summed E-state index contributed by atoms with van der Waals surface area (Å²) < 4.78 is 54.2. The molecule has 0 N–H and O–H groups in total. The smallest absolute Gasteiger partial charge is 0.410 e. The number of pyridine rings is 1. The Hall–Kier alpha value is -3.24. The fourth-order valence-corrected chi connectivity index (χ4v) is 6.10. The number of nitrogens with zero attached hydrogens (tertiary/aromatic N) is 3. The van der Waals surface area contributed by atoms with E-state index in [9.17, 15) is 17.6 Å². The quantitative estimate of drug-likeness (QED) is 0.475. The lowest BCUT2D eigenvalue weighted by molar-refractivity contribution is 0.0244. The lowest BCUT2D eigenvalue weighted by Gasteiger charge is -2.30. The van der Waals surface area contributed by atoms with Crippen molar-refractivity contribution in [2.24, 2.45) is 0 Å². The number of halogens is 1. The molecule has 36 heavy (non-hydrogen) atoms. The monoisotopic (exact) mass is 515 g/mol. The molecule has 0 bridgehead atoms. The summed E-state index contributed by atoms with van der Waals surface area (Å²) in [6.45, 7) is 8.02. The third kappa shape index (κ3) is 5.60. The van der Waals surface area contributed by atoms with Crippen molar-refractivity contribution >= 4 is 26.9 Å². The van der Waals surface area contributed by atoms with Crippen LogP contribution < -0.4 is 4.74 Å². The second-order valence-corrected chi connectivity index (χ2v) is 11.7. The second-order valence-electron chi connectivity index (χ2n) is 9.79. The van der Waals surface area contributed by atoms with Crippen molar-refractivity contribution in [2.75, 3.05) is 19.6 Å². The number of fused-ring (bicyclic) bond motifs is 1. The molecule has 0 radical (unpaired) electrons. The lowest BCUT2D eigenvalue weighted by Crippen LogP contribution is -2.45. The third-order valence-corrected chi connectivity index (χ3v) is 7.83. The highest BCUT2D eigenvalue weighted by Gasteiger charge is 2.35. The number of amides is 1. The predicted octanol–water partition coefficient (Wildman–Crippen LogP) is 5.19. The number of carbonyl (C=O) groups is 1. The summed E-state index contributed by atoms with van der Waals surface area (Å²) in [5, 5.41) is 0.978. The number of ether oxygens (including phenoxy) is 2. The van der Waals surface area contributed by atoms with Crippen LogP contribution in [0.5, 0.6) is 11.5 Å². The summed E-state index contributed by atoms with van der Waals surface area (Å²) in [5.74, 6) is 0.197. The van der Waals surface area contributed by atoms with Gasteiger partial charge in [0.25, 0.3) is 0 Å². The van der Waals surface area contributed by atoms with Crippen LogP contribution in [-0.2, 0) is 14.8 Å². The van der Waals surface area contributed by atoms with Crippen LogP contribution in [0.1, 0.15) is 34.1 Å². The van der Waals surface area contributed by atoms with Crippen molar-refractivity contribution in [1.82, 2.24) is 14.2 Å². The maximum atomic E-state index is 14.0. The van der Waals surface area contributed by atoms with Crippen molar-refractivity contribution in [1.29, 1.82) is 0 Å². The topological polar surface area (TPSA) is 89.0 Å². The summed E-state index contributed by atoms with van der Waals surface area (Å²) in [5.41, 5.74) is -0.643. The number of rotatable bonds is 4. The Labute approximate surface area is 210 Å². The Morgan fingerprint density at radius 1 is 1.08 bits per heavy atom. The van der Waals surface area contributed by atoms with E-state index in [1.807, 2.05) is 0 Å². The molecule has 1 saturated heterocycles. The summed E-state index contributed by atoms with van der Waals surface area (Å²) in [6.07, 6.45) is 3.02. The normalized spacial score (nSPS) is 17.6. The van der Waals surface area contributed by atoms with Crippen LogP contribution in [0.3, 0.4) is 0 Å². The van der Waals surface area contributed by atoms with Gasteiger partial charge in [-0.1, -0.05) is 12.1 Å². The Morgan fingerprint density at radius 3 is 2.50 bits per heavy atom. The molecule has 8 nitrogen and oxygen atoms in total. The van der Waals surface area contributed by atoms with Crippen LogP contribution in [0, 0.1) is 5.82 Å². The van der Waals surface area contributed by atoms with Gasteiger partial charge in [0.2, 0.25) is 10.0 Å². The largest absolute Gasteiger partial charge is 0.455 e. The fourth-order valence-electron chi connectivity index (χ4n) is 4.21. The highest BCUT2D eigenvalue weighted by atomic mass is 32.2. The van der Waals surface area contributed by atoms with E-state index < -0.39 is 33.6 Å². The standard InChI is InChI=1S/C26H30FN3O5S/c1-18-17-29(25(31)35-26(2,3)4)13-6-14-30(18)36(32,33)23-8-5-7-19-15-28-16-22(24(19)23)34-21-11-9-20(27)10-12-21/h5,7-12,15-16,18H,6,13-14,17H2,1-4H3/t18-/m0/s1. The van der Waals surface area contributed by atoms with Gasteiger partial charge in [-0.2, -0.15) is 4.31 Å². The molecule has 3 aromatic rings. The van der Waals surface area contributed by atoms with Gasteiger partial charge in [-0.3, -0.25) is 4.98 Å². The van der Waals surface area contributed by atoms with Gasteiger partial charge in [-0.15, -0.1) is 0 Å². The molecule has 1 atom stereocenters. The van der Waals surface area contributed by atoms with Gasteiger partial charge in [-0.25, -0.2) is 17.6 Å². The maximum absolute atomic E-state index is 14.0. The highest BCUT2D eigenvalue weighted by molar-refractivity contribution is 7.89. The summed E-state index contributed by atoms with van der Waals surface area (Å²) in [6, 6.07) is 9.94. The van der Waals surface area contributed by atoms with E-state index in [0.29, 0.717) is 29.5 Å². The van der Waals surface area contributed by atoms with E-state index in [0.717, 1.165) is 0 Å². The molecule has 0 spiro atoms. The first-order valence-corrected chi connectivity index (χ1v) is 13.2. The molecule has 2 aromatic carbocycles. The second kappa shape index (κ2) is 10.0. The average Bonchev–Trinajstić information content (AvgIpc) is 3.01. The first-order chi connectivity index (χ1) is 17.0. The van der Waals surface area contributed by atoms with Crippen LogP contribution in [-0.4, -0.2) is 60.0 Å². The van der Waals surface area contributed by atoms with Crippen LogP contribution >= 0.6 is 0 Å². The van der Waals surface area contributed by atoms with Gasteiger partial charge in [0.1, 0.15) is 17.2 Å². The SMILES string of the molecule is C[C@H]1CN(C(=O)OC(C)(C)C)CCCN1S(=O)(=O)c1cccc2cncc(Oc3ccc(F)cc3)c12. The van der Waals surface area contributed by atoms with E-state index in [1.54, 1.807) is 57.0 Å². The van der Waals surface area contributed by atoms with Gasteiger partial charge >= 0.3 is 6.09 Å². The van der Waals surface area contributed by atoms with Gasteiger partial charge in [0, 0.05) is 42.6 Å². The number of carbonyl (C=O) groups excluding carboxylic acids is 1. The molecule has 4 rings (SSSR count). The Balaban J connectivity index is 1.68. The lowest BCUT2D eigenvalue weighted by atomic mass is 10.1. The molecule has 0 saturated carbocycles. The number of sulfonamides is 1. The molecule has 2 heterocycles. The van der Waals surface area contributed by atoms with Crippen molar-refractivity contribution in [3.8, 4) is 11.5 Å². The van der Waals surface area contributed by atoms with Crippen molar-refractivity contribution in [2.45, 2.75) is 50.7 Å². The minimum atomic E-state index is -3.98. The van der Waals surface area contributed by atoms with Crippen LogP contribution in [0.25, 0.3) is 10.8 Å². The van der Waals surface area contributed by atoms with Crippen molar-refractivity contribution in [3.63, 3.8) is 0 Å². The van der Waals surface area contributed by atoms with Crippen LogP contribution in [0.4, 0.5) is 9.18 Å². The van der Waals surface area contributed by atoms with Crippen LogP contribution in [0.15, 0.2) is 59.8 Å². The number of aromatic nitrogens is 1. The van der Waals surface area contributed by atoms with Crippen LogP contribution in [0.2, 0.25) is 0 Å². The highest BCUT2D eigenvalue weighted by Crippen LogP contribution is 2.36. The number of hydrogen-bond donors (Lipinski definition) is 0. The van der Waals surface area contributed by atoms with Gasteiger partial charge in [0.15, 0.2) is 5.75 Å². The van der Waals surface area contributed by atoms with Crippen molar-refractivity contribution in [3.05, 3.63) is 60.7 Å². The van der Waals surface area contributed by atoms with E-state index in [-0.39, 0.29) is 23.7 Å². The Bertz CT molecular complexity index is 1350. The molecular formula is C26H30FN3O5S. The average molecular weight is 516 g/mol. The zero-order valence-corrected chi connectivity index (χ0v) is 21.6. The van der Waals surface area contributed by atoms with Crippen molar-refractivity contribution < 1.29 is 27.1 Å². The number of hydrogen-bond acceptors (Lipinski definition) is 6. The number of benzene rings is 2. The van der Waals surface area contributed by atoms with E-state index in [1.165, 1.54) is 34.8 Å². The fraction of sp³-hybridized carbons (Fsp3) is 0.385. The minimum absolute atomic E-state index is 0.0806. The molecule has 1 amide bonds. The van der Waals surface area contributed by atoms with E-state index >= 15 is 0 Å². The molecule has 0 unspecified atom stereocenters. The maximum Gasteiger partial charge on any atom is 0.410 e. The summed E-state index contributed by atoms with van der Waals surface area (Å²) in [7, 11) is -3.98. The van der Waals surface area contributed by atoms with E-state index in [4.69, 9.17) is 9.47 Å². The molecule has 10 heteroatoms. The zero-order chi connectivity index (χ0) is 26.1. The Kier molecular flexibility index (Phi) is 7.19. The first kappa shape index (κ1) is 25.8. The molecule has 1 aliphatic rings. The minimum Gasteiger partial charge on any atom is -0.455 e. The first-order valence-electron chi connectivity index (χ1n) is 11.8. The molecule has 0 aliphatic carbocycles. The Morgan fingerprint density at radius 2 is 1.81 bits per heavy atom. The molecule has 1 aromatic heterocycles. The van der Waals surface area contributed by atoms with Gasteiger partial charge in [-0.05, 0) is 64.4 Å². The molecule has 1 fully saturated rings. The third-order valence-electron chi connectivity index (χ3n) is 5.77. The molecule has 192 valence electrons. The predicted molar refractivity (Wildman–Crippen MR) is 134 cm³/mol. The van der Waals surface area contributed by atoms with Gasteiger partial charge in [0.05, 0.1) is 11.1 Å². The summed E-state index contributed by atoms with van der Waals surface area (Å²) >= 11 is 0. The summed E-state index contributed by atoms with van der Waals surface area (Å²) in [4.78, 5) is 18.5. The zero-order valence-electron chi connectivity index (χ0n) is 20.8. The molecular weight excluding hydrogens is 485 g/mol. The van der Waals surface area contributed by atoms with Gasteiger partial charge < -0.3 is 14.4 Å². The van der Waals surface area contributed by atoms with E-state index in [2.05, 4.69) is 4.98 Å². The molecule has 1 aliphatic heterocycles.